The zero-order valence-electron chi connectivity index (χ0n) is 11.8. The average molecular weight is 296 g/mol. The van der Waals surface area contributed by atoms with Crippen molar-refractivity contribution in [3.8, 4) is 0 Å². The molecule has 2 rings (SSSR count). The summed E-state index contributed by atoms with van der Waals surface area (Å²) < 4.78 is 29.1. The van der Waals surface area contributed by atoms with E-state index in [0.717, 1.165) is 12.8 Å². The summed E-state index contributed by atoms with van der Waals surface area (Å²) in [5.41, 5.74) is 0.610. The first-order chi connectivity index (χ1) is 9.60. The van der Waals surface area contributed by atoms with Crippen molar-refractivity contribution >= 4 is 21.5 Å². The lowest BCUT2D eigenvalue weighted by Gasteiger charge is -2.08. The topological polar surface area (TPSA) is 75.5 Å². The van der Waals surface area contributed by atoms with E-state index in [-0.39, 0.29) is 5.03 Å². The van der Waals surface area contributed by atoms with E-state index in [1.54, 1.807) is 22.7 Å². The van der Waals surface area contributed by atoms with Gasteiger partial charge in [0.15, 0.2) is 10.8 Å². The van der Waals surface area contributed by atoms with Gasteiger partial charge in [-0.05, 0) is 25.5 Å². The van der Waals surface area contributed by atoms with Crippen molar-refractivity contribution in [2.75, 3.05) is 18.4 Å². The summed E-state index contributed by atoms with van der Waals surface area (Å²) in [7, 11) is -3.58. The summed E-state index contributed by atoms with van der Waals surface area (Å²) >= 11 is 0. The van der Waals surface area contributed by atoms with Gasteiger partial charge in [0.05, 0.1) is 0 Å². The maximum absolute atomic E-state index is 12.5. The van der Waals surface area contributed by atoms with E-state index < -0.39 is 10.0 Å². The van der Waals surface area contributed by atoms with Crippen LogP contribution in [0.4, 0.5) is 5.82 Å². The minimum Gasteiger partial charge on any atom is -0.368 e. The first-order valence-corrected chi connectivity index (χ1v) is 8.29. The standard InChI is InChI=1S/C13H20N4O2S/c1-3-5-9-15-20(18,19)13-12(14-4-2)16-11-8-6-7-10-17(11)13/h6-8,10,14-15H,3-5,9H2,1-2H3. The van der Waals surface area contributed by atoms with Gasteiger partial charge in [0.1, 0.15) is 5.65 Å². The van der Waals surface area contributed by atoms with Crippen LogP contribution >= 0.6 is 0 Å². The van der Waals surface area contributed by atoms with Crippen LogP contribution < -0.4 is 10.0 Å². The van der Waals surface area contributed by atoms with Crippen molar-refractivity contribution in [2.24, 2.45) is 0 Å². The molecule has 0 bridgehead atoms. The lowest BCUT2D eigenvalue weighted by atomic mass is 10.3. The van der Waals surface area contributed by atoms with E-state index in [0.29, 0.717) is 24.6 Å². The third-order valence-electron chi connectivity index (χ3n) is 2.91. The molecule has 0 aromatic carbocycles. The predicted molar refractivity (Wildman–Crippen MR) is 79.5 cm³/mol. The van der Waals surface area contributed by atoms with E-state index in [1.807, 2.05) is 19.9 Å². The molecule has 0 unspecified atom stereocenters. The van der Waals surface area contributed by atoms with Gasteiger partial charge < -0.3 is 5.32 Å². The average Bonchev–Trinajstić information content (AvgIpc) is 2.78. The van der Waals surface area contributed by atoms with Crippen molar-refractivity contribution < 1.29 is 8.42 Å². The number of unbranched alkanes of at least 4 members (excludes halogenated alkanes) is 1. The largest absolute Gasteiger partial charge is 0.368 e. The van der Waals surface area contributed by atoms with Gasteiger partial charge in [0, 0.05) is 19.3 Å². The molecule has 0 amide bonds. The number of anilines is 1. The molecular weight excluding hydrogens is 276 g/mol. The third kappa shape index (κ3) is 2.94. The number of pyridine rings is 1. The molecule has 2 aromatic rings. The highest BCUT2D eigenvalue weighted by Crippen LogP contribution is 2.22. The van der Waals surface area contributed by atoms with Gasteiger partial charge in [-0.2, -0.15) is 0 Å². The Balaban J connectivity index is 2.47. The van der Waals surface area contributed by atoms with E-state index in [2.05, 4.69) is 15.0 Å². The van der Waals surface area contributed by atoms with Crippen molar-refractivity contribution in [3.05, 3.63) is 24.4 Å². The van der Waals surface area contributed by atoms with Gasteiger partial charge in [0.25, 0.3) is 10.0 Å². The quantitative estimate of drug-likeness (QED) is 0.765. The number of nitrogens with zero attached hydrogens (tertiary/aromatic N) is 2. The van der Waals surface area contributed by atoms with Gasteiger partial charge in [-0.15, -0.1) is 0 Å². The first kappa shape index (κ1) is 14.8. The van der Waals surface area contributed by atoms with E-state index >= 15 is 0 Å². The molecule has 0 aliphatic carbocycles. The first-order valence-electron chi connectivity index (χ1n) is 6.80. The third-order valence-corrected chi connectivity index (χ3v) is 4.39. The second-order valence-electron chi connectivity index (χ2n) is 4.48. The lowest BCUT2D eigenvalue weighted by molar-refractivity contribution is 0.574. The van der Waals surface area contributed by atoms with Crippen LogP contribution in [0.15, 0.2) is 29.4 Å². The van der Waals surface area contributed by atoms with Crippen LogP contribution in [0, 0.1) is 0 Å². The Morgan fingerprint density at radius 3 is 2.80 bits per heavy atom. The number of rotatable bonds is 7. The van der Waals surface area contributed by atoms with Crippen LogP contribution in [0.3, 0.4) is 0 Å². The zero-order chi connectivity index (χ0) is 14.6. The summed E-state index contributed by atoms with van der Waals surface area (Å²) in [6, 6.07) is 5.40. The SMILES string of the molecule is CCCCNS(=O)(=O)c1c(NCC)nc2ccccn12. The molecule has 110 valence electrons. The molecule has 7 heteroatoms. The minimum atomic E-state index is -3.58. The number of nitrogens with one attached hydrogen (secondary N) is 2. The number of aromatic nitrogens is 2. The number of hydrogen-bond acceptors (Lipinski definition) is 4. The molecule has 2 N–H and O–H groups in total. The Bertz CT molecular complexity index is 679. The Labute approximate surface area is 119 Å². The predicted octanol–water partition coefficient (Wildman–Crippen LogP) is 1.84. The molecule has 0 aliphatic rings. The maximum Gasteiger partial charge on any atom is 0.260 e. The monoisotopic (exact) mass is 296 g/mol. The fraction of sp³-hybridized carbons (Fsp3) is 0.462. The normalized spacial score (nSPS) is 11.9. The molecular formula is C13H20N4O2S. The molecule has 0 atom stereocenters. The summed E-state index contributed by atoms with van der Waals surface area (Å²) in [6.45, 7) is 4.98. The highest BCUT2D eigenvalue weighted by atomic mass is 32.2. The second-order valence-corrected chi connectivity index (χ2v) is 6.16. The number of sulfonamides is 1. The Hall–Kier alpha value is -1.60. The number of fused-ring (bicyclic) bond motifs is 1. The van der Waals surface area contributed by atoms with Gasteiger partial charge in [-0.3, -0.25) is 4.40 Å². The van der Waals surface area contributed by atoms with E-state index in [1.165, 1.54) is 0 Å². The van der Waals surface area contributed by atoms with Gasteiger partial charge >= 0.3 is 0 Å². The molecule has 0 aliphatic heterocycles. The van der Waals surface area contributed by atoms with Gasteiger partial charge in [0.2, 0.25) is 0 Å². The van der Waals surface area contributed by atoms with Crippen LogP contribution in [0.25, 0.3) is 5.65 Å². The smallest absolute Gasteiger partial charge is 0.260 e. The van der Waals surface area contributed by atoms with Gasteiger partial charge in [-0.1, -0.05) is 19.4 Å². The molecule has 0 saturated carbocycles. The van der Waals surface area contributed by atoms with Crippen LogP contribution in [-0.2, 0) is 10.0 Å². The van der Waals surface area contributed by atoms with Crippen LogP contribution in [0.2, 0.25) is 0 Å². The fourth-order valence-electron chi connectivity index (χ4n) is 1.96. The van der Waals surface area contributed by atoms with Gasteiger partial charge in [-0.25, -0.2) is 18.1 Å². The molecule has 0 fully saturated rings. The zero-order valence-corrected chi connectivity index (χ0v) is 12.6. The lowest BCUT2D eigenvalue weighted by Crippen LogP contribution is -2.26. The minimum absolute atomic E-state index is 0.172. The molecule has 2 heterocycles. The Kier molecular flexibility index (Phi) is 4.61. The van der Waals surface area contributed by atoms with E-state index in [9.17, 15) is 8.42 Å². The highest BCUT2D eigenvalue weighted by molar-refractivity contribution is 7.89. The summed E-state index contributed by atoms with van der Waals surface area (Å²) in [4.78, 5) is 4.33. The number of imidazole rings is 1. The molecule has 0 radical (unpaired) electrons. The van der Waals surface area contributed by atoms with Crippen LogP contribution in [-0.4, -0.2) is 30.9 Å². The van der Waals surface area contributed by atoms with Crippen molar-refractivity contribution in [1.29, 1.82) is 0 Å². The van der Waals surface area contributed by atoms with E-state index in [4.69, 9.17) is 0 Å². The summed E-state index contributed by atoms with van der Waals surface area (Å²) in [5, 5.41) is 3.18. The van der Waals surface area contributed by atoms with Crippen molar-refractivity contribution in [1.82, 2.24) is 14.1 Å². The maximum atomic E-state index is 12.5. The number of hydrogen-bond donors (Lipinski definition) is 2. The van der Waals surface area contributed by atoms with Crippen LogP contribution in [0.5, 0.6) is 0 Å². The highest BCUT2D eigenvalue weighted by Gasteiger charge is 2.24. The molecule has 6 nitrogen and oxygen atoms in total. The molecule has 20 heavy (non-hydrogen) atoms. The summed E-state index contributed by atoms with van der Waals surface area (Å²) in [5.74, 6) is 0.391. The summed E-state index contributed by atoms with van der Waals surface area (Å²) in [6.07, 6.45) is 3.46. The Morgan fingerprint density at radius 2 is 2.10 bits per heavy atom. The molecule has 0 saturated heterocycles. The Morgan fingerprint density at radius 1 is 1.30 bits per heavy atom. The van der Waals surface area contributed by atoms with Crippen molar-refractivity contribution in [2.45, 2.75) is 31.7 Å². The van der Waals surface area contributed by atoms with Crippen molar-refractivity contribution in [3.63, 3.8) is 0 Å². The fourth-order valence-corrected chi connectivity index (χ4v) is 3.30. The molecule has 2 aromatic heterocycles. The van der Waals surface area contributed by atoms with Crippen LogP contribution in [0.1, 0.15) is 26.7 Å². The molecule has 0 spiro atoms. The second kappa shape index (κ2) is 6.23.